The predicted molar refractivity (Wildman–Crippen MR) is 144 cm³/mol. The van der Waals surface area contributed by atoms with Crippen molar-refractivity contribution < 1.29 is 18.9 Å². The molecule has 10 heteroatoms. The van der Waals surface area contributed by atoms with Crippen LogP contribution in [0.5, 0.6) is 17.5 Å². The summed E-state index contributed by atoms with van der Waals surface area (Å²) in [5, 5.41) is 0. The third-order valence-corrected chi connectivity index (χ3v) is 7.24. The van der Waals surface area contributed by atoms with Gasteiger partial charge in [0.05, 0.1) is 18.9 Å². The van der Waals surface area contributed by atoms with Crippen LogP contribution >= 0.6 is 0 Å². The summed E-state index contributed by atoms with van der Waals surface area (Å²) in [6, 6.07) is 15.9. The lowest BCUT2D eigenvalue weighted by Gasteiger charge is -2.27. The Balaban J connectivity index is 1.10. The fraction of sp³-hybridized carbons (Fsp3) is 0.310. The second kappa shape index (κ2) is 10.0. The molecule has 1 aromatic carbocycles. The molecule has 1 atom stereocenters. The first-order valence-corrected chi connectivity index (χ1v) is 13.1. The standard InChI is InChI=1S/C29H27N5O5/c35-29-32-27(37-17-22-18-38-28-25(39-22)2-1-8-30-28)15-24-23-5-3-19(14-20(23)7-9-34(24)29)21-4-6-26(31-16-21)33-10-12-36-13-11-33/h1-6,8,14-16,22H,7,9-13,17-18H2. The van der Waals surface area contributed by atoms with Gasteiger partial charge in [0, 0.05) is 49.2 Å². The highest BCUT2D eigenvalue weighted by Gasteiger charge is 2.24. The molecule has 0 saturated carbocycles. The third kappa shape index (κ3) is 4.67. The van der Waals surface area contributed by atoms with Crippen LogP contribution in [0.25, 0.3) is 22.4 Å². The molecule has 4 aromatic rings. The Hall–Kier alpha value is -4.44. The summed E-state index contributed by atoms with van der Waals surface area (Å²) in [7, 11) is 0. The van der Waals surface area contributed by atoms with Gasteiger partial charge in [-0.25, -0.2) is 14.8 Å². The number of morpholine rings is 1. The summed E-state index contributed by atoms with van der Waals surface area (Å²) < 4.78 is 24.6. The quantitative estimate of drug-likeness (QED) is 0.389. The molecule has 0 spiro atoms. The summed E-state index contributed by atoms with van der Waals surface area (Å²) in [6.07, 6.45) is 4.00. The van der Waals surface area contributed by atoms with Gasteiger partial charge in [-0.05, 0) is 41.8 Å². The maximum absolute atomic E-state index is 12.8. The van der Waals surface area contributed by atoms with Gasteiger partial charge in [-0.2, -0.15) is 4.98 Å². The van der Waals surface area contributed by atoms with E-state index in [1.807, 2.05) is 12.3 Å². The zero-order valence-corrected chi connectivity index (χ0v) is 21.3. The molecule has 1 unspecified atom stereocenters. The Morgan fingerprint density at radius 3 is 2.77 bits per heavy atom. The highest BCUT2D eigenvalue weighted by molar-refractivity contribution is 5.73. The van der Waals surface area contributed by atoms with Crippen LogP contribution < -0.4 is 24.8 Å². The zero-order chi connectivity index (χ0) is 26.2. The van der Waals surface area contributed by atoms with Gasteiger partial charge >= 0.3 is 5.69 Å². The molecule has 0 aliphatic carbocycles. The zero-order valence-electron chi connectivity index (χ0n) is 21.3. The van der Waals surface area contributed by atoms with E-state index in [4.69, 9.17) is 23.9 Å². The highest BCUT2D eigenvalue weighted by Crippen LogP contribution is 2.34. The van der Waals surface area contributed by atoms with Crippen LogP contribution in [0.1, 0.15) is 5.56 Å². The van der Waals surface area contributed by atoms with E-state index in [0.717, 1.165) is 60.9 Å². The Labute approximate surface area is 224 Å². The average molecular weight is 526 g/mol. The molecule has 198 valence electrons. The average Bonchev–Trinajstić information content (AvgIpc) is 3.00. The van der Waals surface area contributed by atoms with Gasteiger partial charge in [-0.15, -0.1) is 0 Å². The Kier molecular flexibility index (Phi) is 6.08. The van der Waals surface area contributed by atoms with Crippen molar-refractivity contribution in [1.82, 2.24) is 19.5 Å². The lowest BCUT2D eigenvalue weighted by molar-refractivity contribution is 0.0486. The van der Waals surface area contributed by atoms with E-state index in [2.05, 4.69) is 45.2 Å². The second-order valence-electron chi connectivity index (χ2n) is 9.71. The molecular formula is C29H27N5O5. The van der Waals surface area contributed by atoms with Crippen molar-refractivity contribution in [2.75, 3.05) is 44.4 Å². The van der Waals surface area contributed by atoms with E-state index >= 15 is 0 Å². The number of hydrogen-bond acceptors (Lipinski definition) is 9. The molecule has 0 radical (unpaired) electrons. The van der Waals surface area contributed by atoms with Crippen molar-refractivity contribution in [2.45, 2.75) is 19.1 Å². The smallest absolute Gasteiger partial charge is 0.351 e. The van der Waals surface area contributed by atoms with E-state index in [9.17, 15) is 4.79 Å². The van der Waals surface area contributed by atoms with E-state index in [-0.39, 0.29) is 24.3 Å². The number of aromatic nitrogens is 4. The van der Waals surface area contributed by atoms with Crippen LogP contribution in [0.4, 0.5) is 5.82 Å². The largest absolute Gasteiger partial charge is 0.478 e. The summed E-state index contributed by atoms with van der Waals surface area (Å²) in [5.74, 6) is 2.29. The Morgan fingerprint density at radius 2 is 1.90 bits per heavy atom. The van der Waals surface area contributed by atoms with Gasteiger partial charge in [0.15, 0.2) is 11.9 Å². The lowest BCUT2D eigenvalue weighted by atomic mass is 9.94. The minimum atomic E-state index is -0.333. The number of benzene rings is 1. The molecule has 1 fully saturated rings. The number of ether oxygens (including phenoxy) is 4. The Morgan fingerprint density at radius 1 is 1.00 bits per heavy atom. The van der Waals surface area contributed by atoms with Crippen LogP contribution in [-0.4, -0.2) is 65.1 Å². The number of fused-ring (bicyclic) bond motifs is 4. The van der Waals surface area contributed by atoms with Gasteiger partial charge in [0.1, 0.15) is 19.0 Å². The summed E-state index contributed by atoms with van der Waals surface area (Å²) in [4.78, 5) is 28.1. The molecule has 3 aliphatic heterocycles. The normalized spacial score (nSPS) is 17.7. The summed E-state index contributed by atoms with van der Waals surface area (Å²) >= 11 is 0. The molecule has 0 N–H and O–H groups in total. The topological polar surface area (TPSA) is 101 Å². The molecule has 0 amide bonds. The first-order valence-electron chi connectivity index (χ1n) is 13.1. The number of pyridine rings is 2. The van der Waals surface area contributed by atoms with Crippen LogP contribution in [0.15, 0.2) is 65.7 Å². The summed E-state index contributed by atoms with van der Waals surface area (Å²) in [5.41, 5.74) is 4.81. The van der Waals surface area contributed by atoms with Gasteiger partial charge in [-0.1, -0.05) is 18.2 Å². The van der Waals surface area contributed by atoms with Crippen molar-refractivity contribution in [2.24, 2.45) is 0 Å². The maximum Gasteiger partial charge on any atom is 0.351 e. The molecular weight excluding hydrogens is 498 g/mol. The van der Waals surface area contributed by atoms with Crippen molar-refractivity contribution in [1.29, 1.82) is 0 Å². The fourth-order valence-electron chi connectivity index (χ4n) is 5.22. The number of rotatable bonds is 5. The second-order valence-corrected chi connectivity index (χ2v) is 9.71. The van der Waals surface area contributed by atoms with Crippen LogP contribution in [-0.2, 0) is 17.7 Å². The van der Waals surface area contributed by atoms with Gasteiger partial charge < -0.3 is 23.8 Å². The fourth-order valence-corrected chi connectivity index (χ4v) is 5.22. The van der Waals surface area contributed by atoms with Gasteiger partial charge in [-0.3, -0.25) is 4.57 Å². The summed E-state index contributed by atoms with van der Waals surface area (Å²) in [6.45, 7) is 4.25. The van der Waals surface area contributed by atoms with E-state index in [1.165, 1.54) is 5.56 Å². The van der Waals surface area contributed by atoms with Crippen LogP contribution in [0.2, 0.25) is 0 Å². The van der Waals surface area contributed by atoms with Gasteiger partial charge in [0.2, 0.25) is 5.88 Å². The number of aryl methyl sites for hydroxylation is 1. The monoisotopic (exact) mass is 525 g/mol. The Bertz CT molecular complexity index is 1570. The molecule has 3 aromatic heterocycles. The predicted octanol–water partition coefficient (Wildman–Crippen LogP) is 2.98. The number of anilines is 1. The molecule has 1 saturated heterocycles. The van der Waals surface area contributed by atoms with Crippen molar-refractivity contribution in [3.05, 3.63) is 77.0 Å². The van der Waals surface area contributed by atoms with E-state index in [1.54, 1.807) is 22.9 Å². The molecule has 6 heterocycles. The maximum atomic E-state index is 12.8. The third-order valence-electron chi connectivity index (χ3n) is 7.24. The molecule has 0 bridgehead atoms. The molecule has 39 heavy (non-hydrogen) atoms. The van der Waals surface area contributed by atoms with Gasteiger partial charge in [0.25, 0.3) is 5.88 Å². The SMILES string of the molecule is O=c1nc(OCC2COc3ncccc3O2)cc2n1CCc1cc(-c3ccc(N4CCOCC4)nc3)ccc1-2. The highest BCUT2D eigenvalue weighted by atomic mass is 16.6. The number of nitrogens with zero attached hydrogens (tertiary/aromatic N) is 5. The van der Waals surface area contributed by atoms with Crippen molar-refractivity contribution in [3.8, 4) is 39.9 Å². The van der Waals surface area contributed by atoms with Crippen molar-refractivity contribution in [3.63, 3.8) is 0 Å². The minimum absolute atomic E-state index is 0.198. The lowest BCUT2D eigenvalue weighted by Crippen LogP contribution is -2.36. The molecule has 10 nitrogen and oxygen atoms in total. The van der Waals surface area contributed by atoms with Crippen LogP contribution in [0, 0.1) is 0 Å². The van der Waals surface area contributed by atoms with Crippen molar-refractivity contribution >= 4 is 5.82 Å². The van der Waals surface area contributed by atoms with E-state index in [0.29, 0.717) is 24.8 Å². The molecule has 7 rings (SSSR count). The first kappa shape index (κ1) is 23.7. The number of hydrogen-bond donors (Lipinski definition) is 0. The minimum Gasteiger partial charge on any atom is -0.478 e. The molecule has 3 aliphatic rings. The first-order chi connectivity index (χ1) is 19.2. The van der Waals surface area contributed by atoms with E-state index < -0.39 is 0 Å². The van der Waals surface area contributed by atoms with Crippen LogP contribution in [0.3, 0.4) is 0 Å².